The Kier molecular flexibility index (Phi) is 12.1. The monoisotopic (exact) mass is 442 g/mol. The van der Waals surface area contributed by atoms with Gasteiger partial charge >= 0.3 is 11.9 Å². The molecular formula is C14H22N2O6S4. The highest BCUT2D eigenvalue weighted by Gasteiger charge is 2.15. The number of hydrogen-bond donors (Lipinski definition) is 2. The van der Waals surface area contributed by atoms with E-state index in [1.807, 2.05) is 9.80 Å². The fourth-order valence-electron chi connectivity index (χ4n) is 1.92. The number of carboxylic acids is 2. The van der Waals surface area contributed by atoms with Crippen molar-refractivity contribution < 1.29 is 29.3 Å². The van der Waals surface area contributed by atoms with E-state index in [9.17, 15) is 9.59 Å². The molecule has 148 valence electrons. The third-order valence-corrected chi connectivity index (χ3v) is 6.19. The molecule has 0 spiro atoms. The van der Waals surface area contributed by atoms with Crippen LogP contribution < -0.4 is 0 Å². The number of carbonyl (C=O) groups is 2. The molecule has 8 nitrogen and oxygen atoms in total. The van der Waals surface area contributed by atoms with Crippen LogP contribution >= 0.6 is 48.0 Å². The molecule has 0 atom stereocenters. The minimum Gasteiger partial charge on any atom is -0.481 e. The Balaban J connectivity index is 0.000000260. The van der Waals surface area contributed by atoms with Crippen LogP contribution in [0.5, 0.6) is 0 Å². The van der Waals surface area contributed by atoms with Gasteiger partial charge in [-0.1, -0.05) is 48.0 Å². The first-order chi connectivity index (χ1) is 12.4. The highest BCUT2D eigenvalue weighted by Crippen LogP contribution is 2.11. The second-order valence-electron chi connectivity index (χ2n) is 5.10. The zero-order valence-electron chi connectivity index (χ0n) is 14.1. The highest BCUT2D eigenvalue weighted by atomic mass is 32.2. The highest BCUT2D eigenvalue weighted by molar-refractivity contribution is 8.23. The molecule has 0 aliphatic carbocycles. The van der Waals surface area contributed by atoms with Gasteiger partial charge in [-0.2, -0.15) is 0 Å². The molecule has 12 heteroatoms. The summed E-state index contributed by atoms with van der Waals surface area (Å²) in [5.41, 5.74) is 0. The van der Waals surface area contributed by atoms with Crippen LogP contribution in [0.4, 0.5) is 0 Å². The summed E-state index contributed by atoms with van der Waals surface area (Å²) < 4.78 is 11.6. The lowest BCUT2D eigenvalue weighted by atomic mass is 10.5. The standard InChI is InChI=1S/2C7H11NO3S2/c2*9-6(10)5-13-7(12)8-1-3-11-4-2-8/h2*1-5H2,(H,9,10). The zero-order valence-corrected chi connectivity index (χ0v) is 17.4. The lowest BCUT2D eigenvalue weighted by Crippen LogP contribution is -2.38. The number of carboxylic acid groups (broad SMARTS) is 2. The van der Waals surface area contributed by atoms with E-state index in [-0.39, 0.29) is 11.5 Å². The van der Waals surface area contributed by atoms with Gasteiger partial charge in [0.05, 0.1) is 37.9 Å². The smallest absolute Gasteiger partial charge is 0.313 e. The Morgan fingerprint density at radius 2 is 1.08 bits per heavy atom. The maximum absolute atomic E-state index is 10.3. The number of rotatable bonds is 4. The third kappa shape index (κ3) is 10.5. The van der Waals surface area contributed by atoms with Crippen molar-refractivity contribution in [3.63, 3.8) is 0 Å². The summed E-state index contributed by atoms with van der Waals surface area (Å²) in [5.74, 6) is -1.59. The van der Waals surface area contributed by atoms with Crippen LogP contribution in [0, 0.1) is 0 Å². The summed E-state index contributed by atoms with van der Waals surface area (Å²) in [6.07, 6.45) is 0. The number of nitrogens with zero attached hydrogens (tertiary/aromatic N) is 2. The quantitative estimate of drug-likeness (QED) is 0.604. The molecule has 2 N–H and O–H groups in total. The average Bonchev–Trinajstić information content (AvgIpc) is 2.66. The molecule has 2 aliphatic heterocycles. The molecular weight excluding hydrogens is 420 g/mol. The predicted octanol–water partition coefficient (Wildman–Crippen LogP) is 0.843. The van der Waals surface area contributed by atoms with Crippen LogP contribution in [0.1, 0.15) is 0 Å². The van der Waals surface area contributed by atoms with Gasteiger partial charge < -0.3 is 29.5 Å². The molecule has 26 heavy (non-hydrogen) atoms. The van der Waals surface area contributed by atoms with Gasteiger partial charge in [0.15, 0.2) is 0 Å². The summed E-state index contributed by atoms with van der Waals surface area (Å²) in [6.45, 7) is 5.77. The Morgan fingerprint density at radius 3 is 1.35 bits per heavy atom. The van der Waals surface area contributed by atoms with Crippen LogP contribution in [0.3, 0.4) is 0 Å². The molecule has 0 aromatic rings. The Labute approximate surface area is 171 Å². The van der Waals surface area contributed by atoms with E-state index in [1.54, 1.807) is 0 Å². The minimum absolute atomic E-state index is 0.0379. The van der Waals surface area contributed by atoms with Crippen LogP contribution in [-0.2, 0) is 19.1 Å². The lowest BCUT2D eigenvalue weighted by Gasteiger charge is -2.28. The Bertz CT molecular complexity index is 452. The molecule has 2 heterocycles. The molecule has 2 saturated heterocycles. The van der Waals surface area contributed by atoms with E-state index in [1.165, 1.54) is 23.5 Å². The molecule has 0 saturated carbocycles. The van der Waals surface area contributed by atoms with Crippen molar-refractivity contribution in [2.75, 3.05) is 64.1 Å². The molecule has 0 amide bonds. The molecule has 2 aliphatic rings. The van der Waals surface area contributed by atoms with Crippen molar-refractivity contribution in [2.45, 2.75) is 0 Å². The Hall–Kier alpha value is -0.660. The second-order valence-corrected chi connectivity index (χ2v) is 8.31. The summed E-state index contributed by atoms with van der Waals surface area (Å²) >= 11 is 12.5. The van der Waals surface area contributed by atoms with Crippen molar-refractivity contribution in [3.05, 3.63) is 0 Å². The number of ether oxygens (including phenoxy) is 2. The van der Waals surface area contributed by atoms with Gasteiger partial charge in [0, 0.05) is 26.2 Å². The van der Waals surface area contributed by atoms with Gasteiger partial charge in [-0.05, 0) is 0 Å². The zero-order chi connectivity index (χ0) is 19.4. The first-order valence-electron chi connectivity index (χ1n) is 7.82. The summed E-state index contributed by atoms with van der Waals surface area (Å²) in [7, 11) is 0. The molecule has 2 fully saturated rings. The fraction of sp³-hybridized carbons (Fsp3) is 0.714. The van der Waals surface area contributed by atoms with Crippen LogP contribution in [0.15, 0.2) is 0 Å². The van der Waals surface area contributed by atoms with E-state index in [0.717, 1.165) is 26.2 Å². The van der Waals surface area contributed by atoms with E-state index in [2.05, 4.69) is 0 Å². The summed E-state index contributed by atoms with van der Waals surface area (Å²) in [4.78, 5) is 24.5. The molecule has 0 unspecified atom stereocenters. The maximum atomic E-state index is 10.3. The fourth-order valence-corrected chi connectivity index (χ4v) is 3.86. The Morgan fingerprint density at radius 1 is 0.769 bits per heavy atom. The summed E-state index contributed by atoms with van der Waals surface area (Å²) in [5, 5.41) is 16.9. The van der Waals surface area contributed by atoms with E-state index in [0.29, 0.717) is 35.1 Å². The normalized spacial score (nSPS) is 17.1. The van der Waals surface area contributed by atoms with E-state index < -0.39 is 11.9 Å². The van der Waals surface area contributed by atoms with E-state index in [4.69, 9.17) is 44.1 Å². The van der Waals surface area contributed by atoms with Crippen molar-refractivity contribution in [2.24, 2.45) is 0 Å². The topological polar surface area (TPSA) is 99.5 Å². The van der Waals surface area contributed by atoms with Crippen molar-refractivity contribution in [1.82, 2.24) is 9.80 Å². The molecule has 2 rings (SSSR count). The van der Waals surface area contributed by atoms with Gasteiger partial charge in [-0.25, -0.2) is 0 Å². The number of thioether (sulfide) groups is 2. The third-order valence-electron chi connectivity index (χ3n) is 3.18. The summed E-state index contributed by atoms with van der Waals surface area (Å²) in [6, 6.07) is 0. The predicted molar refractivity (Wildman–Crippen MR) is 110 cm³/mol. The molecule has 0 bridgehead atoms. The largest absolute Gasteiger partial charge is 0.481 e. The first kappa shape index (κ1) is 23.4. The van der Waals surface area contributed by atoms with Crippen LogP contribution in [0.2, 0.25) is 0 Å². The molecule has 0 aromatic heterocycles. The average molecular weight is 443 g/mol. The number of thiocarbonyl (C=S) groups is 2. The van der Waals surface area contributed by atoms with Crippen molar-refractivity contribution in [3.8, 4) is 0 Å². The van der Waals surface area contributed by atoms with Gasteiger partial charge in [0.25, 0.3) is 0 Å². The SMILES string of the molecule is O=C(O)CSC(=S)N1CCOCC1.O=C(O)CSC(=S)N1CCOCC1. The number of aliphatic carboxylic acids is 2. The van der Waals surface area contributed by atoms with Gasteiger partial charge in [0.2, 0.25) is 0 Å². The molecule has 0 aromatic carbocycles. The van der Waals surface area contributed by atoms with Gasteiger partial charge in [-0.3, -0.25) is 9.59 Å². The van der Waals surface area contributed by atoms with Crippen molar-refractivity contribution >= 4 is 68.5 Å². The van der Waals surface area contributed by atoms with Crippen LogP contribution in [0.25, 0.3) is 0 Å². The van der Waals surface area contributed by atoms with E-state index >= 15 is 0 Å². The minimum atomic E-state index is -0.833. The van der Waals surface area contributed by atoms with Gasteiger partial charge in [0.1, 0.15) is 8.64 Å². The maximum Gasteiger partial charge on any atom is 0.313 e. The van der Waals surface area contributed by atoms with Crippen LogP contribution in [-0.4, -0.2) is 105 Å². The van der Waals surface area contributed by atoms with Gasteiger partial charge in [-0.15, -0.1) is 0 Å². The lowest BCUT2D eigenvalue weighted by molar-refractivity contribution is -0.134. The van der Waals surface area contributed by atoms with Crippen molar-refractivity contribution in [1.29, 1.82) is 0 Å². The molecule has 0 radical (unpaired) electrons. The first-order valence-corrected chi connectivity index (χ1v) is 10.6. The number of hydrogen-bond acceptors (Lipinski definition) is 8. The second kappa shape index (κ2) is 13.5. The number of morpholine rings is 2.